The third-order valence-corrected chi connectivity index (χ3v) is 3.99. The van der Waals surface area contributed by atoms with Crippen LogP contribution in [0.3, 0.4) is 0 Å². The fourth-order valence-electron chi connectivity index (χ4n) is 2.19. The van der Waals surface area contributed by atoms with Gasteiger partial charge in [-0.1, -0.05) is 11.6 Å². The molecule has 2 N–H and O–H groups in total. The molecule has 0 fully saturated rings. The third kappa shape index (κ3) is 3.30. The molecule has 2 rings (SSSR count). The lowest BCUT2D eigenvalue weighted by Crippen LogP contribution is -2.29. The lowest BCUT2D eigenvalue weighted by atomic mass is 9.95. The van der Waals surface area contributed by atoms with Crippen molar-refractivity contribution in [3.8, 4) is 5.75 Å². The highest BCUT2D eigenvalue weighted by Crippen LogP contribution is 2.36. The summed E-state index contributed by atoms with van der Waals surface area (Å²) in [7, 11) is 0. The summed E-state index contributed by atoms with van der Waals surface area (Å²) in [5, 5.41) is 0.726. The molecule has 0 aliphatic carbocycles. The minimum Gasteiger partial charge on any atom is -0.490 e. The number of rotatable bonds is 4. The molecule has 0 saturated carbocycles. The molecule has 1 heterocycles. The second kappa shape index (κ2) is 5.98. The Morgan fingerprint density at radius 3 is 3.12 bits per heavy atom. The molecule has 94 valence electrons. The minimum absolute atomic E-state index is 0.0525. The van der Waals surface area contributed by atoms with Crippen LogP contribution in [0.4, 0.5) is 0 Å². The van der Waals surface area contributed by atoms with Crippen LogP contribution in [-0.4, -0.2) is 18.1 Å². The summed E-state index contributed by atoms with van der Waals surface area (Å²) in [6, 6.07) is 5.76. The van der Waals surface area contributed by atoms with Crippen molar-refractivity contribution in [2.75, 3.05) is 12.0 Å². The zero-order valence-electron chi connectivity index (χ0n) is 9.99. The van der Waals surface area contributed by atoms with E-state index >= 15 is 0 Å². The highest BCUT2D eigenvalue weighted by molar-refractivity contribution is 7.98. The topological polar surface area (TPSA) is 35.2 Å². The second-order valence-corrected chi connectivity index (χ2v) is 5.82. The van der Waals surface area contributed by atoms with Gasteiger partial charge in [0.05, 0.1) is 0 Å². The van der Waals surface area contributed by atoms with Crippen LogP contribution in [0.2, 0.25) is 5.02 Å². The van der Waals surface area contributed by atoms with Gasteiger partial charge in [0.25, 0.3) is 0 Å². The molecule has 0 saturated heterocycles. The summed E-state index contributed by atoms with van der Waals surface area (Å²) >= 11 is 7.84. The van der Waals surface area contributed by atoms with Gasteiger partial charge in [0, 0.05) is 23.0 Å². The van der Waals surface area contributed by atoms with E-state index in [2.05, 4.69) is 6.26 Å². The molecule has 0 bridgehead atoms. The number of ether oxygens (including phenoxy) is 1. The highest BCUT2D eigenvalue weighted by atomic mass is 35.5. The molecule has 1 aliphatic rings. The molecular formula is C13H18ClNOS. The zero-order chi connectivity index (χ0) is 12.3. The summed E-state index contributed by atoms with van der Waals surface area (Å²) in [6.45, 7) is 0. The van der Waals surface area contributed by atoms with Crippen LogP contribution in [-0.2, 0) is 0 Å². The van der Waals surface area contributed by atoms with E-state index in [1.54, 1.807) is 0 Å². The Morgan fingerprint density at radius 2 is 2.35 bits per heavy atom. The minimum atomic E-state index is 0.0525. The predicted octanol–water partition coefficient (Wildman–Crippen LogP) is 3.63. The highest BCUT2D eigenvalue weighted by Gasteiger charge is 2.25. The Hall–Kier alpha value is -0.380. The first-order chi connectivity index (χ1) is 8.20. The third-order valence-electron chi connectivity index (χ3n) is 3.06. The van der Waals surface area contributed by atoms with Gasteiger partial charge in [0.1, 0.15) is 11.9 Å². The van der Waals surface area contributed by atoms with E-state index in [0.29, 0.717) is 0 Å². The monoisotopic (exact) mass is 271 g/mol. The van der Waals surface area contributed by atoms with Gasteiger partial charge < -0.3 is 10.5 Å². The van der Waals surface area contributed by atoms with E-state index in [-0.39, 0.29) is 12.1 Å². The van der Waals surface area contributed by atoms with E-state index < -0.39 is 0 Å². The van der Waals surface area contributed by atoms with E-state index in [1.165, 1.54) is 12.2 Å². The molecule has 2 atom stereocenters. The van der Waals surface area contributed by atoms with Crippen LogP contribution in [0.5, 0.6) is 5.75 Å². The molecule has 0 spiro atoms. The molecule has 0 aromatic heterocycles. The van der Waals surface area contributed by atoms with Gasteiger partial charge >= 0.3 is 0 Å². The van der Waals surface area contributed by atoms with Gasteiger partial charge in [-0.05, 0) is 43.0 Å². The summed E-state index contributed by atoms with van der Waals surface area (Å²) < 4.78 is 5.96. The van der Waals surface area contributed by atoms with Gasteiger partial charge in [-0.15, -0.1) is 0 Å². The van der Waals surface area contributed by atoms with E-state index in [1.807, 2.05) is 30.0 Å². The predicted molar refractivity (Wildman–Crippen MR) is 75.0 cm³/mol. The molecule has 1 aromatic carbocycles. The Morgan fingerprint density at radius 1 is 1.53 bits per heavy atom. The molecular weight excluding hydrogens is 254 g/mol. The first-order valence-corrected chi connectivity index (χ1v) is 7.68. The second-order valence-electron chi connectivity index (χ2n) is 4.40. The maximum Gasteiger partial charge on any atom is 0.124 e. The first kappa shape index (κ1) is 13.1. The zero-order valence-corrected chi connectivity index (χ0v) is 11.6. The van der Waals surface area contributed by atoms with Crippen LogP contribution < -0.4 is 10.5 Å². The average Bonchev–Trinajstić information content (AvgIpc) is 2.31. The number of halogens is 1. The molecule has 4 heteroatoms. The molecule has 1 aliphatic heterocycles. The van der Waals surface area contributed by atoms with Crippen molar-refractivity contribution in [1.29, 1.82) is 0 Å². The van der Waals surface area contributed by atoms with Crippen molar-refractivity contribution >= 4 is 23.4 Å². The molecule has 2 nitrogen and oxygen atoms in total. The molecule has 2 unspecified atom stereocenters. The van der Waals surface area contributed by atoms with Gasteiger partial charge in [-0.25, -0.2) is 0 Å². The smallest absolute Gasteiger partial charge is 0.124 e. The largest absolute Gasteiger partial charge is 0.490 e. The quantitative estimate of drug-likeness (QED) is 0.850. The number of benzene rings is 1. The number of nitrogens with two attached hydrogens (primary N) is 1. The lowest BCUT2D eigenvalue weighted by Gasteiger charge is -2.30. The van der Waals surface area contributed by atoms with Crippen LogP contribution in [0.25, 0.3) is 0 Å². The fourth-order valence-corrected chi connectivity index (χ4v) is 2.82. The fraction of sp³-hybridized carbons (Fsp3) is 0.538. The summed E-state index contributed by atoms with van der Waals surface area (Å²) in [5.41, 5.74) is 7.21. The normalized spacial score (nSPS) is 23.0. The van der Waals surface area contributed by atoms with Crippen LogP contribution in [0, 0.1) is 0 Å². The van der Waals surface area contributed by atoms with Crippen LogP contribution in [0.1, 0.15) is 30.9 Å². The van der Waals surface area contributed by atoms with E-state index in [0.717, 1.165) is 29.2 Å². The molecule has 17 heavy (non-hydrogen) atoms. The Balaban J connectivity index is 2.03. The summed E-state index contributed by atoms with van der Waals surface area (Å²) in [4.78, 5) is 0. The van der Waals surface area contributed by atoms with Gasteiger partial charge in [-0.3, -0.25) is 0 Å². The van der Waals surface area contributed by atoms with Crippen molar-refractivity contribution in [2.24, 2.45) is 5.73 Å². The van der Waals surface area contributed by atoms with Gasteiger partial charge in [0.2, 0.25) is 0 Å². The average molecular weight is 272 g/mol. The molecule has 1 aromatic rings. The Kier molecular flexibility index (Phi) is 4.60. The lowest BCUT2D eigenvalue weighted by molar-refractivity contribution is 0.149. The number of hydrogen-bond acceptors (Lipinski definition) is 3. The van der Waals surface area contributed by atoms with Crippen LogP contribution in [0.15, 0.2) is 18.2 Å². The number of thioether (sulfide) groups is 1. The Labute approximate surface area is 112 Å². The molecule has 0 amide bonds. The van der Waals surface area contributed by atoms with Crippen molar-refractivity contribution in [3.63, 3.8) is 0 Å². The van der Waals surface area contributed by atoms with Crippen molar-refractivity contribution in [2.45, 2.75) is 31.4 Å². The maximum atomic E-state index is 6.17. The molecule has 0 radical (unpaired) electrons. The number of fused-ring (bicyclic) bond motifs is 1. The van der Waals surface area contributed by atoms with Crippen molar-refractivity contribution in [3.05, 3.63) is 28.8 Å². The SMILES string of the molecule is CSCCCC1CC(N)c2cc(Cl)ccc2O1. The summed E-state index contributed by atoms with van der Waals surface area (Å²) in [5.74, 6) is 2.09. The van der Waals surface area contributed by atoms with Gasteiger partial charge in [-0.2, -0.15) is 11.8 Å². The van der Waals surface area contributed by atoms with Gasteiger partial charge in [0.15, 0.2) is 0 Å². The first-order valence-electron chi connectivity index (χ1n) is 5.91. The van der Waals surface area contributed by atoms with Crippen LogP contribution >= 0.6 is 23.4 Å². The number of hydrogen-bond donors (Lipinski definition) is 1. The van der Waals surface area contributed by atoms with Crippen molar-refractivity contribution in [1.82, 2.24) is 0 Å². The van der Waals surface area contributed by atoms with E-state index in [9.17, 15) is 0 Å². The standard InChI is InChI=1S/C13H18ClNOS/c1-17-6-2-3-10-8-12(15)11-7-9(14)4-5-13(11)16-10/h4-5,7,10,12H,2-3,6,8,15H2,1H3. The van der Waals surface area contributed by atoms with Crippen molar-refractivity contribution < 1.29 is 4.74 Å². The Bertz CT molecular complexity index is 386. The summed E-state index contributed by atoms with van der Waals surface area (Å²) in [6.07, 6.45) is 5.54. The maximum absolute atomic E-state index is 6.17. The van der Waals surface area contributed by atoms with E-state index in [4.69, 9.17) is 22.1 Å².